The van der Waals surface area contributed by atoms with Crippen molar-refractivity contribution in [1.82, 2.24) is 5.32 Å². The number of carbonyl (C=O) groups excluding carboxylic acids is 1. The standard InChI is InChI=1S/C12H14F3NO3/c1-11(18,12(13,14)15)8-16-10(17)19-7-9-5-3-2-4-6-9/h2-6,18H,7-8H2,1H3,(H,16,17)/t11-/m0/s1. The fraction of sp³-hybridized carbons (Fsp3) is 0.417. The second-order valence-corrected chi connectivity index (χ2v) is 4.19. The summed E-state index contributed by atoms with van der Waals surface area (Å²) in [5.41, 5.74) is -2.28. The number of ether oxygens (including phenoxy) is 1. The van der Waals surface area contributed by atoms with Crippen LogP contribution in [0, 0.1) is 0 Å². The number of nitrogens with one attached hydrogen (secondary N) is 1. The first kappa shape index (κ1) is 15.3. The summed E-state index contributed by atoms with van der Waals surface area (Å²) in [5, 5.41) is 11.0. The average Bonchev–Trinajstić information content (AvgIpc) is 2.34. The molecule has 0 heterocycles. The molecule has 1 aromatic rings. The number of benzene rings is 1. The lowest BCUT2D eigenvalue weighted by Crippen LogP contribution is -2.51. The molecule has 106 valence electrons. The van der Waals surface area contributed by atoms with Crippen molar-refractivity contribution in [3.63, 3.8) is 0 Å². The molecule has 0 unspecified atom stereocenters. The molecule has 0 aliphatic heterocycles. The van der Waals surface area contributed by atoms with Gasteiger partial charge in [0.1, 0.15) is 6.61 Å². The number of alkyl halides is 3. The fourth-order valence-electron chi connectivity index (χ4n) is 1.12. The molecule has 0 fully saturated rings. The van der Waals surface area contributed by atoms with Crippen LogP contribution in [0.15, 0.2) is 30.3 Å². The van der Waals surface area contributed by atoms with E-state index < -0.39 is 24.4 Å². The quantitative estimate of drug-likeness (QED) is 0.887. The molecule has 0 saturated carbocycles. The number of rotatable bonds is 4. The highest BCUT2D eigenvalue weighted by atomic mass is 19.4. The predicted octanol–water partition coefficient (Wildman–Crippen LogP) is 2.23. The van der Waals surface area contributed by atoms with Crippen molar-refractivity contribution >= 4 is 6.09 Å². The van der Waals surface area contributed by atoms with Gasteiger partial charge in [-0.05, 0) is 12.5 Å². The van der Waals surface area contributed by atoms with Crippen molar-refractivity contribution in [2.24, 2.45) is 0 Å². The summed E-state index contributed by atoms with van der Waals surface area (Å²) in [6, 6.07) is 8.68. The zero-order valence-corrected chi connectivity index (χ0v) is 10.2. The third kappa shape index (κ3) is 4.78. The van der Waals surface area contributed by atoms with Gasteiger partial charge in [0.05, 0.1) is 6.54 Å². The number of aliphatic hydroxyl groups is 1. The van der Waals surface area contributed by atoms with E-state index in [0.29, 0.717) is 12.5 Å². The molecule has 0 aliphatic carbocycles. The van der Waals surface area contributed by atoms with Crippen LogP contribution in [0.5, 0.6) is 0 Å². The molecular weight excluding hydrogens is 263 g/mol. The molecule has 1 aromatic carbocycles. The highest BCUT2D eigenvalue weighted by Crippen LogP contribution is 2.29. The number of carbonyl (C=O) groups is 1. The van der Waals surface area contributed by atoms with E-state index in [2.05, 4.69) is 0 Å². The Morgan fingerprint density at radius 1 is 1.32 bits per heavy atom. The number of hydrogen-bond acceptors (Lipinski definition) is 3. The van der Waals surface area contributed by atoms with Crippen molar-refractivity contribution in [1.29, 1.82) is 0 Å². The molecule has 1 amide bonds. The van der Waals surface area contributed by atoms with Gasteiger partial charge in [0.15, 0.2) is 5.60 Å². The summed E-state index contributed by atoms with van der Waals surface area (Å²) in [4.78, 5) is 11.2. The maximum atomic E-state index is 12.3. The van der Waals surface area contributed by atoms with E-state index >= 15 is 0 Å². The molecule has 0 saturated heterocycles. The molecule has 19 heavy (non-hydrogen) atoms. The Kier molecular flexibility index (Phi) is 4.77. The summed E-state index contributed by atoms with van der Waals surface area (Å²) >= 11 is 0. The van der Waals surface area contributed by atoms with Crippen LogP contribution in [0.2, 0.25) is 0 Å². The van der Waals surface area contributed by atoms with Crippen molar-refractivity contribution in [3.05, 3.63) is 35.9 Å². The van der Waals surface area contributed by atoms with Gasteiger partial charge in [-0.15, -0.1) is 0 Å². The van der Waals surface area contributed by atoms with E-state index in [1.807, 2.05) is 5.32 Å². The van der Waals surface area contributed by atoms with Gasteiger partial charge in [-0.2, -0.15) is 13.2 Å². The van der Waals surface area contributed by atoms with Gasteiger partial charge in [0.2, 0.25) is 0 Å². The maximum Gasteiger partial charge on any atom is 0.418 e. The monoisotopic (exact) mass is 277 g/mol. The van der Waals surface area contributed by atoms with Crippen LogP contribution in [0.1, 0.15) is 12.5 Å². The fourth-order valence-corrected chi connectivity index (χ4v) is 1.12. The number of amides is 1. The van der Waals surface area contributed by atoms with E-state index in [9.17, 15) is 18.0 Å². The Bertz CT molecular complexity index is 418. The van der Waals surface area contributed by atoms with Crippen LogP contribution in [-0.4, -0.2) is 29.5 Å². The van der Waals surface area contributed by atoms with Gasteiger partial charge in [-0.1, -0.05) is 30.3 Å². The SMILES string of the molecule is C[C@](O)(CNC(=O)OCc1ccccc1)C(F)(F)F. The molecule has 1 rings (SSSR count). The maximum absolute atomic E-state index is 12.3. The molecule has 0 bridgehead atoms. The minimum absolute atomic E-state index is 0.0547. The van der Waals surface area contributed by atoms with Crippen LogP contribution in [0.3, 0.4) is 0 Å². The van der Waals surface area contributed by atoms with Crippen LogP contribution in [0.25, 0.3) is 0 Å². The van der Waals surface area contributed by atoms with Gasteiger partial charge < -0.3 is 15.2 Å². The summed E-state index contributed by atoms with van der Waals surface area (Å²) < 4.78 is 41.6. The smallest absolute Gasteiger partial charge is 0.418 e. The van der Waals surface area contributed by atoms with Crippen molar-refractivity contribution in [2.45, 2.75) is 25.3 Å². The van der Waals surface area contributed by atoms with Crippen LogP contribution in [0.4, 0.5) is 18.0 Å². The Labute approximate surface area is 108 Å². The minimum atomic E-state index is -4.82. The summed E-state index contributed by atoms with van der Waals surface area (Å²) in [7, 11) is 0. The van der Waals surface area contributed by atoms with Crippen LogP contribution in [-0.2, 0) is 11.3 Å². The Balaban J connectivity index is 2.37. The lowest BCUT2D eigenvalue weighted by molar-refractivity contribution is -0.249. The average molecular weight is 277 g/mol. The predicted molar refractivity (Wildman–Crippen MR) is 61.3 cm³/mol. The molecule has 4 nitrogen and oxygen atoms in total. The van der Waals surface area contributed by atoms with E-state index in [-0.39, 0.29) is 6.61 Å². The number of halogens is 3. The van der Waals surface area contributed by atoms with Crippen LogP contribution >= 0.6 is 0 Å². The largest absolute Gasteiger partial charge is 0.445 e. The highest BCUT2D eigenvalue weighted by Gasteiger charge is 2.49. The first-order valence-electron chi connectivity index (χ1n) is 5.46. The molecule has 2 N–H and O–H groups in total. The van der Waals surface area contributed by atoms with Crippen molar-refractivity contribution in [2.75, 3.05) is 6.54 Å². The van der Waals surface area contributed by atoms with Crippen LogP contribution < -0.4 is 5.32 Å². The lowest BCUT2D eigenvalue weighted by atomic mass is 10.1. The molecule has 7 heteroatoms. The van der Waals surface area contributed by atoms with Gasteiger partial charge in [0.25, 0.3) is 0 Å². The summed E-state index contributed by atoms with van der Waals surface area (Å²) in [5.74, 6) is 0. The van der Waals surface area contributed by atoms with Crippen molar-refractivity contribution in [3.8, 4) is 0 Å². The van der Waals surface area contributed by atoms with E-state index in [1.165, 1.54) is 0 Å². The molecule has 1 atom stereocenters. The Morgan fingerprint density at radius 3 is 2.42 bits per heavy atom. The number of alkyl carbamates (subject to hydrolysis) is 1. The molecule has 0 spiro atoms. The third-order valence-corrected chi connectivity index (χ3v) is 2.40. The van der Waals surface area contributed by atoms with E-state index in [1.54, 1.807) is 30.3 Å². The van der Waals surface area contributed by atoms with E-state index in [4.69, 9.17) is 9.84 Å². The van der Waals surface area contributed by atoms with Gasteiger partial charge in [-0.3, -0.25) is 0 Å². The topological polar surface area (TPSA) is 58.6 Å². The third-order valence-electron chi connectivity index (χ3n) is 2.40. The van der Waals surface area contributed by atoms with Crippen molar-refractivity contribution < 1.29 is 27.8 Å². The number of hydrogen-bond donors (Lipinski definition) is 2. The minimum Gasteiger partial charge on any atom is -0.445 e. The zero-order chi connectivity index (χ0) is 14.5. The van der Waals surface area contributed by atoms with Gasteiger partial charge in [-0.25, -0.2) is 4.79 Å². The second-order valence-electron chi connectivity index (χ2n) is 4.19. The first-order chi connectivity index (χ1) is 8.72. The summed E-state index contributed by atoms with van der Waals surface area (Å²) in [6.07, 6.45) is -5.84. The second kappa shape index (κ2) is 5.92. The van der Waals surface area contributed by atoms with E-state index in [0.717, 1.165) is 0 Å². The lowest BCUT2D eigenvalue weighted by Gasteiger charge is -2.26. The highest BCUT2D eigenvalue weighted by molar-refractivity contribution is 5.67. The Hall–Kier alpha value is -1.76. The first-order valence-corrected chi connectivity index (χ1v) is 5.46. The molecular formula is C12H14F3NO3. The molecule has 0 radical (unpaired) electrons. The summed E-state index contributed by atoms with van der Waals surface area (Å²) in [6.45, 7) is -0.449. The normalized spacial score (nSPS) is 14.6. The van der Waals surface area contributed by atoms with Gasteiger partial charge in [0, 0.05) is 0 Å². The molecule has 0 aromatic heterocycles. The molecule has 0 aliphatic rings. The Morgan fingerprint density at radius 2 is 1.89 bits per heavy atom. The van der Waals surface area contributed by atoms with Gasteiger partial charge >= 0.3 is 12.3 Å². The zero-order valence-electron chi connectivity index (χ0n) is 10.2.